The lowest BCUT2D eigenvalue weighted by molar-refractivity contribution is -0.124. The molecule has 1 heterocycles. The summed E-state index contributed by atoms with van der Waals surface area (Å²) in [6, 6.07) is 1.94. The van der Waals surface area contributed by atoms with Gasteiger partial charge in [-0.1, -0.05) is 19.3 Å². The Labute approximate surface area is 109 Å². The molecule has 1 saturated carbocycles. The molecule has 4 nitrogen and oxygen atoms in total. The molecule has 1 aliphatic carbocycles. The molecule has 0 spiro atoms. The van der Waals surface area contributed by atoms with E-state index in [0.717, 1.165) is 25.4 Å². The van der Waals surface area contributed by atoms with Crippen molar-refractivity contribution in [1.82, 2.24) is 4.90 Å². The smallest absolute Gasteiger partial charge is 0.234 e. The minimum Gasteiger partial charge on any atom is -0.368 e. The van der Waals surface area contributed by atoms with Crippen LogP contribution in [-0.4, -0.2) is 29.9 Å². The number of primary amides is 1. The Morgan fingerprint density at radius 3 is 2.72 bits per heavy atom. The molecule has 18 heavy (non-hydrogen) atoms. The normalized spacial score (nSPS) is 27.8. The quantitative estimate of drug-likeness (QED) is 0.825. The lowest BCUT2D eigenvalue weighted by Gasteiger charge is -2.38. The molecule has 1 atom stereocenters. The summed E-state index contributed by atoms with van der Waals surface area (Å²) < 4.78 is 0. The highest BCUT2D eigenvalue weighted by molar-refractivity contribution is 5.80. The third kappa shape index (κ3) is 3.23. The van der Waals surface area contributed by atoms with Crippen molar-refractivity contribution < 1.29 is 4.79 Å². The topological polar surface area (TPSA) is 70.1 Å². The van der Waals surface area contributed by atoms with Crippen molar-refractivity contribution in [2.24, 2.45) is 11.7 Å². The molecule has 0 aromatic rings. The highest BCUT2D eigenvalue weighted by Crippen LogP contribution is 2.29. The van der Waals surface area contributed by atoms with Crippen LogP contribution in [0.1, 0.15) is 44.9 Å². The first-order valence-electron chi connectivity index (χ1n) is 6.99. The molecule has 99 valence electrons. The first kappa shape index (κ1) is 13.4. The second kappa shape index (κ2) is 6.19. The number of carbonyl (C=O) groups excluding carboxylic acids is 1. The fourth-order valence-corrected chi connectivity index (χ4v) is 3.20. The molecule has 4 heteroatoms. The third-order valence-corrected chi connectivity index (χ3v) is 4.29. The van der Waals surface area contributed by atoms with Gasteiger partial charge in [-0.15, -0.1) is 0 Å². The van der Waals surface area contributed by atoms with Crippen molar-refractivity contribution in [3.8, 4) is 6.07 Å². The number of nitrogens with two attached hydrogens (primary N) is 1. The van der Waals surface area contributed by atoms with Crippen LogP contribution >= 0.6 is 0 Å². The molecule has 2 N–H and O–H groups in total. The Morgan fingerprint density at radius 1 is 1.39 bits per heavy atom. The number of rotatable bonds is 3. The number of piperidine rings is 1. The Kier molecular flexibility index (Phi) is 4.60. The van der Waals surface area contributed by atoms with Crippen molar-refractivity contribution in [2.75, 3.05) is 13.1 Å². The van der Waals surface area contributed by atoms with Crippen molar-refractivity contribution in [1.29, 1.82) is 5.26 Å². The number of amides is 1. The average molecular weight is 248 g/mol. The molecule has 0 bridgehead atoms. The van der Waals surface area contributed by atoms with Gasteiger partial charge in [0.2, 0.25) is 5.91 Å². The van der Waals surface area contributed by atoms with Gasteiger partial charge in [-0.05, 0) is 31.6 Å². The van der Waals surface area contributed by atoms with Gasteiger partial charge in [0.25, 0.3) is 0 Å². The monoisotopic (exact) mass is 248 g/mol. The van der Waals surface area contributed by atoms with E-state index in [0.29, 0.717) is 12.3 Å². The van der Waals surface area contributed by atoms with Gasteiger partial charge in [-0.25, -0.2) is 0 Å². The Balaban J connectivity index is 1.93. The molecular formula is C14H22N3O. The first-order valence-corrected chi connectivity index (χ1v) is 6.99. The van der Waals surface area contributed by atoms with E-state index in [1.54, 1.807) is 0 Å². The molecule has 2 aliphatic rings. The summed E-state index contributed by atoms with van der Waals surface area (Å²) in [5.41, 5.74) is 5.48. The van der Waals surface area contributed by atoms with Gasteiger partial charge in [0.15, 0.2) is 0 Å². The van der Waals surface area contributed by atoms with E-state index < -0.39 is 0 Å². The van der Waals surface area contributed by atoms with Crippen molar-refractivity contribution in [3.05, 3.63) is 5.92 Å². The predicted molar refractivity (Wildman–Crippen MR) is 69.2 cm³/mol. The lowest BCUT2D eigenvalue weighted by Crippen LogP contribution is -2.50. The van der Waals surface area contributed by atoms with Crippen LogP contribution in [0, 0.1) is 23.2 Å². The molecule has 1 unspecified atom stereocenters. The third-order valence-electron chi connectivity index (χ3n) is 4.29. The van der Waals surface area contributed by atoms with Gasteiger partial charge >= 0.3 is 0 Å². The summed E-state index contributed by atoms with van der Waals surface area (Å²) in [7, 11) is 0. The van der Waals surface area contributed by atoms with Crippen LogP contribution in [0.5, 0.6) is 0 Å². The molecule has 1 aliphatic heterocycles. The second-order valence-corrected chi connectivity index (χ2v) is 5.59. The van der Waals surface area contributed by atoms with Crippen molar-refractivity contribution in [2.45, 2.75) is 51.0 Å². The van der Waals surface area contributed by atoms with E-state index >= 15 is 0 Å². The van der Waals surface area contributed by atoms with Crippen LogP contribution in [0.4, 0.5) is 0 Å². The minimum atomic E-state index is -0.279. The van der Waals surface area contributed by atoms with Gasteiger partial charge < -0.3 is 5.73 Å². The standard InChI is InChI=1S/C14H22N3O/c15-9-12-6-7-17(13(8-12)14(16)18)10-11-4-2-1-3-5-11/h11,13H,1-8,10H2,(H2,16,18). The second-order valence-electron chi connectivity index (χ2n) is 5.59. The van der Waals surface area contributed by atoms with Gasteiger partial charge in [-0.2, -0.15) is 5.26 Å². The summed E-state index contributed by atoms with van der Waals surface area (Å²) in [5, 5.41) is 8.94. The molecule has 1 amide bonds. The van der Waals surface area contributed by atoms with E-state index in [1.807, 2.05) is 0 Å². The molecule has 1 radical (unpaired) electrons. The summed E-state index contributed by atoms with van der Waals surface area (Å²) in [6.07, 6.45) is 7.87. The van der Waals surface area contributed by atoms with Gasteiger partial charge in [0, 0.05) is 13.1 Å². The number of likely N-dealkylation sites (tertiary alicyclic amines) is 1. The maximum absolute atomic E-state index is 11.5. The molecular weight excluding hydrogens is 226 g/mol. The van der Waals surface area contributed by atoms with E-state index in [-0.39, 0.29) is 11.9 Å². The maximum atomic E-state index is 11.5. The number of carbonyl (C=O) groups is 1. The summed E-state index contributed by atoms with van der Waals surface area (Å²) >= 11 is 0. The van der Waals surface area contributed by atoms with Gasteiger partial charge in [0.05, 0.1) is 18.0 Å². The summed E-state index contributed by atoms with van der Waals surface area (Å²) in [6.45, 7) is 1.79. The number of nitrogens with zero attached hydrogens (tertiary/aromatic N) is 2. The fraction of sp³-hybridized carbons (Fsp3) is 0.786. The zero-order valence-electron chi connectivity index (χ0n) is 10.9. The minimum absolute atomic E-state index is 0.254. The molecule has 2 fully saturated rings. The molecule has 2 rings (SSSR count). The van der Waals surface area contributed by atoms with Crippen LogP contribution in [0.25, 0.3) is 0 Å². The van der Waals surface area contributed by atoms with Crippen LogP contribution in [0.2, 0.25) is 0 Å². The Bertz CT molecular complexity index is 330. The predicted octanol–water partition coefficient (Wildman–Crippen LogP) is 1.61. The van der Waals surface area contributed by atoms with E-state index in [9.17, 15) is 4.79 Å². The Morgan fingerprint density at radius 2 is 2.11 bits per heavy atom. The summed E-state index contributed by atoms with van der Waals surface area (Å²) in [4.78, 5) is 13.7. The molecule has 0 aromatic carbocycles. The number of hydrogen-bond donors (Lipinski definition) is 1. The Hall–Kier alpha value is -1.08. The van der Waals surface area contributed by atoms with Crippen LogP contribution in [0.3, 0.4) is 0 Å². The average Bonchev–Trinajstić information content (AvgIpc) is 2.40. The van der Waals surface area contributed by atoms with E-state index in [1.165, 1.54) is 32.1 Å². The summed E-state index contributed by atoms with van der Waals surface area (Å²) in [5.74, 6) is 1.25. The largest absolute Gasteiger partial charge is 0.368 e. The first-order chi connectivity index (χ1) is 8.70. The van der Waals surface area contributed by atoms with E-state index in [4.69, 9.17) is 11.0 Å². The van der Waals surface area contributed by atoms with Crippen LogP contribution in [0.15, 0.2) is 0 Å². The highest BCUT2D eigenvalue weighted by atomic mass is 16.1. The van der Waals surface area contributed by atoms with Crippen molar-refractivity contribution >= 4 is 5.91 Å². The van der Waals surface area contributed by atoms with Crippen LogP contribution in [-0.2, 0) is 4.79 Å². The zero-order valence-corrected chi connectivity index (χ0v) is 10.9. The number of hydrogen-bond acceptors (Lipinski definition) is 3. The zero-order chi connectivity index (χ0) is 13.0. The fourth-order valence-electron chi connectivity index (χ4n) is 3.20. The number of nitriles is 1. The molecule has 0 aromatic heterocycles. The molecule has 1 saturated heterocycles. The van der Waals surface area contributed by atoms with Gasteiger partial charge in [0.1, 0.15) is 0 Å². The SMILES string of the molecule is N#C[C]1CCN(CC2CCCCC2)C(C(N)=O)C1. The highest BCUT2D eigenvalue weighted by Gasteiger charge is 2.33. The maximum Gasteiger partial charge on any atom is 0.234 e. The van der Waals surface area contributed by atoms with E-state index in [2.05, 4.69) is 11.0 Å². The lowest BCUT2D eigenvalue weighted by atomic mass is 9.86. The van der Waals surface area contributed by atoms with Crippen LogP contribution < -0.4 is 5.73 Å². The van der Waals surface area contributed by atoms with Crippen molar-refractivity contribution in [3.63, 3.8) is 0 Å². The van der Waals surface area contributed by atoms with Gasteiger partial charge in [-0.3, -0.25) is 9.69 Å².